The monoisotopic (exact) mass is 533 g/mol. The van der Waals surface area contributed by atoms with Crippen LogP contribution in [0.4, 0.5) is 13.6 Å². The van der Waals surface area contributed by atoms with Gasteiger partial charge in [0.2, 0.25) is 10.0 Å². The average molecular weight is 535 g/mol. The average Bonchev–Trinajstić information content (AvgIpc) is 2.81. The number of quaternary nitrogens is 1. The fourth-order valence-electron chi connectivity index (χ4n) is 3.83. The van der Waals surface area contributed by atoms with E-state index < -0.39 is 48.7 Å². The number of hydrogen-bond acceptors (Lipinski definition) is 3. The van der Waals surface area contributed by atoms with Crippen LogP contribution in [0.1, 0.15) is 34.1 Å². The number of rotatable bonds is 3. The molecule has 152 valence electrons. The van der Waals surface area contributed by atoms with Gasteiger partial charge >= 0.3 is 6.09 Å². The molecule has 2 N–H and O–H groups in total. The molecule has 0 bridgehead atoms. The fourth-order valence-corrected chi connectivity index (χ4v) is 6.70. The fraction of sp³-hybridized carbons (Fsp3) is 0.562. The predicted molar refractivity (Wildman–Crippen MR) is 103 cm³/mol. The zero-order valence-corrected chi connectivity index (χ0v) is 19.2. The van der Waals surface area contributed by atoms with E-state index in [1.165, 1.54) is 0 Å². The molecule has 1 aliphatic heterocycles. The third-order valence-corrected chi connectivity index (χ3v) is 8.27. The molecule has 1 aromatic carbocycles. The van der Waals surface area contributed by atoms with Crippen molar-refractivity contribution in [2.75, 3.05) is 6.54 Å². The molecule has 1 saturated heterocycles. The van der Waals surface area contributed by atoms with Crippen LogP contribution in [0.3, 0.4) is 0 Å². The van der Waals surface area contributed by atoms with Crippen molar-refractivity contribution < 1.29 is 31.6 Å². The Labute approximate surface area is 173 Å². The van der Waals surface area contributed by atoms with E-state index in [1.54, 1.807) is 27.7 Å². The molecule has 0 aromatic heterocycles. The van der Waals surface area contributed by atoms with Crippen molar-refractivity contribution in [2.45, 2.75) is 56.6 Å². The van der Waals surface area contributed by atoms with Crippen LogP contribution in [0.2, 0.25) is 0 Å². The molecule has 1 fully saturated rings. The van der Waals surface area contributed by atoms with Gasteiger partial charge in [-0.15, -0.1) is 0 Å². The molecule has 0 radical (unpaired) electrons. The van der Waals surface area contributed by atoms with E-state index in [0.717, 1.165) is 6.07 Å². The zero-order chi connectivity index (χ0) is 20.9. The van der Waals surface area contributed by atoms with E-state index in [1.807, 2.05) is 0 Å². The van der Waals surface area contributed by atoms with Crippen molar-refractivity contribution in [1.29, 1.82) is 0 Å². The summed E-state index contributed by atoms with van der Waals surface area (Å²) in [4.78, 5) is 11.2. The number of likely N-dealkylation sites (tertiary alicyclic amines) is 1. The predicted octanol–water partition coefficient (Wildman–Crippen LogP) is 4.22. The Morgan fingerprint density at radius 1 is 1.33 bits per heavy atom. The highest BCUT2D eigenvalue weighted by molar-refractivity contribution is 9.11. The van der Waals surface area contributed by atoms with Gasteiger partial charge in [-0.05, 0) is 65.6 Å². The van der Waals surface area contributed by atoms with Gasteiger partial charge < -0.3 is 5.11 Å². The van der Waals surface area contributed by atoms with Crippen LogP contribution >= 0.6 is 31.9 Å². The van der Waals surface area contributed by atoms with E-state index in [9.17, 15) is 27.1 Å². The maximum Gasteiger partial charge on any atom is 0.514 e. The molecule has 0 saturated carbocycles. The molecule has 6 nitrogen and oxygen atoms in total. The second-order valence-corrected chi connectivity index (χ2v) is 11.0. The summed E-state index contributed by atoms with van der Waals surface area (Å²) in [5.41, 5.74) is -0.681. The largest absolute Gasteiger partial charge is 0.514 e. The molecule has 1 aromatic rings. The van der Waals surface area contributed by atoms with Crippen LogP contribution < -0.4 is 4.72 Å². The van der Waals surface area contributed by atoms with Gasteiger partial charge in [-0.3, -0.25) is 0 Å². The molecular weight excluding hydrogens is 514 g/mol. The second-order valence-electron chi connectivity index (χ2n) is 7.71. The quantitative estimate of drug-likeness (QED) is 0.449. The van der Waals surface area contributed by atoms with Gasteiger partial charge in [0.15, 0.2) is 5.82 Å². The van der Waals surface area contributed by atoms with E-state index in [-0.39, 0.29) is 28.0 Å². The highest BCUT2D eigenvalue weighted by atomic mass is 79.9. The summed E-state index contributed by atoms with van der Waals surface area (Å²) in [6, 6.07) is -0.293. The lowest BCUT2D eigenvalue weighted by molar-refractivity contribution is -0.913. The maximum absolute atomic E-state index is 14.4. The van der Waals surface area contributed by atoms with Crippen LogP contribution in [0, 0.1) is 11.6 Å². The van der Waals surface area contributed by atoms with Crippen LogP contribution in [-0.2, 0) is 10.0 Å². The molecule has 11 heteroatoms. The first-order chi connectivity index (χ1) is 12.1. The zero-order valence-electron chi connectivity index (χ0n) is 15.2. The third kappa shape index (κ3) is 3.81. The minimum Gasteiger partial charge on any atom is -0.435 e. The summed E-state index contributed by atoms with van der Waals surface area (Å²) in [5.74, 6) is -2.06. The van der Waals surface area contributed by atoms with Crippen molar-refractivity contribution in [2.24, 2.45) is 0 Å². The molecule has 2 rings (SSSR count). The van der Waals surface area contributed by atoms with E-state index in [4.69, 9.17) is 0 Å². The lowest BCUT2D eigenvalue weighted by Gasteiger charge is -2.43. The van der Waals surface area contributed by atoms with Crippen LogP contribution in [0.15, 0.2) is 19.9 Å². The van der Waals surface area contributed by atoms with Gasteiger partial charge in [0.05, 0.1) is 21.0 Å². The molecule has 1 aliphatic rings. The van der Waals surface area contributed by atoms with Crippen LogP contribution in [-0.4, -0.2) is 48.3 Å². The van der Waals surface area contributed by atoms with Gasteiger partial charge in [-0.1, -0.05) is 0 Å². The van der Waals surface area contributed by atoms with Crippen molar-refractivity contribution in [1.82, 2.24) is 4.72 Å². The number of hydrogen-bond donors (Lipinski definition) is 2. The number of amides is 1. The van der Waals surface area contributed by atoms with Crippen molar-refractivity contribution in [3.63, 3.8) is 0 Å². The second kappa shape index (κ2) is 7.33. The Balaban J connectivity index is 2.43. The first kappa shape index (κ1) is 22.7. The standard InChI is InChI=1S/C16H20Br2F2N2O4S/c1-8-5-9(7-22(8,15(23)24)16(2,3)4)21-27(25,26)14-12(18)11(19)6-10(17)13(14)20/h6,8-9,21H,5,7H2,1-4H3/p+1/t8-,9+,22?/m0/s1. The Bertz CT molecular complexity index is 863. The topological polar surface area (TPSA) is 83.5 Å². The summed E-state index contributed by atoms with van der Waals surface area (Å²) >= 11 is 5.59. The summed E-state index contributed by atoms with van der Waals surface area (Å²) < 4.78 is 55.0. The van der Waals surface area contributed by atoms with Crippen molar-refractivity contribution in [3.8, 4) is 0 Å². The van der Waals surface area contributed by atoms with Gasteiger partial charge in [-0.25, -0.2) is 26.4 Å². The van der Waals surface area contributed by atoms with Gasteiger partial charge in [-0.2, -0.15) is 4.79 Å². The van der Waals surface area contributed by atoms with Crippen LogP contribution in [0.25, 0.3) is 0 Å². The van der Waals surface area contributed by atoms with E-state index in [0.29, 0.717) is 0 Å². The lowest BCUT2D eigenvalue weighted by atomic mass is 10.0. The number of benzene rings is 1. The first-order valence-electron chi connectivity index (χ1n) is 8.12. The Hall–Kier alpha value is -0.620. The first-order valence-corrected chi connectivity index (χ1v) is 11.2. The number of nitrogens with one attached hydrogen (secondary N) is 1. The van der Waals surface area contributed by atoms with Gasteiger partial charge in [0.1, 0.15) is 22.8 Å². The molecule has 3 atom stereocenters. The van der Waals surface area contributed by atoms with E-state index >= 15 is 0 Å². The minimum atomic E-state index is -4.44. The smallest absolute Gasteiger partial charge is 0.435 e. The number of carbonyl (C=O) groups is 1. The van der Waals surface area contributed by atoms with Crippen LogP contribution in [0.5, 0.6) is 0 Å². The number of sulfonamides is 1. The highest BCUT2D eigenvalue weighted by Crippen LogP contribution is 2.38. The number of halogens is 4. The Morgan fingerprint density at radius 3 is 2.33 bits per heavy atom. The Morgan fingerprint density at radius 2 is 1.89 bits per heavy atom. The molecular formula is C16H21Br2F2N2O4S+. The molecule has 0 aliphatic carbocycles. The SMILES string of the molecule is C[C@H]1C[C@@H](NS(=O)(=O)c2c(F)c(Br)cc(F)c2Br)C[N+]1(C(=O)O)C(C)(C)C. The molecule has 1 unspecified atom stereocenters. The summed E-state index contributed by atoms with van der Waals surface area (Å²) in [6.45, 7) is 7.05. The number of nitrogens with zero attached hydrogens (tertiary/aromatic N) is 1. The number of carboxylic acid groups (broad SMARTS) is 1. The van der Waals surface area contributed by atoms with Crippen molar-refractivity contribution >= 4 is 48.0 Å². The third-order valence-electron chi connectivity index (χ3n) is 5.09. The molecule has 1 heterocycles. The Kier molecular flexibility index (Phi) is 6.15. The summed E-state index contributed by atoms with van der Waals surface area (Å²) in [6.07, 6.45) is -0.809. The maximum atomic E-state index is 14.4. The van der Waals surface area contributed by atoms with Gasteiger partial charge in [0.25, 0.3) is 0 Å². The lowest BCUT2D eigenvalue weighted by Crippen LogP contribution is -2.65. The molecule has 1 amide bonds. The molecule has 27 heavy (non-hydrogen) atoms. The normalized spacial score (nSPS) is 26.4. The van der Waals surface area contributed by atoms with E-state index in [2.05, 4.69) is 36.6 Å². The van der Waals surface area contributed by atoms with Gasteiger partial charge in [0, 0.05) is 6.42 Å². The highest BCUT2D eigenvalue weighted by Gasteiger charge is 2.58. The summed E-state index contributed by atoms with van der Waals surface area (Å²) in [5, 5.41) is 9.84. The summed E-state index contributed by atoms with van der Waals surface area (Å²) in [7, 11) is -4.44. The molecule has 0 spiro atoms. The van der Waals surface area contributed by atoms with Crippen molar-refractivity contribution in [3.05, 3.63) is 26.6 Å². The minimum absolute atomic E-state index is 0.00501.